The molecular formula is C19H12ClF3N4O3. The van der Waals surface area contributed by atoms with E-state index in [0.717, 1.165) is 22.2 Å². The Morgan fingerprint density at radius 3 is 2.57 bits per heavy atom. The van der Waals surface area contributed by atoms with Crippen LogP contribution in [0.5, 0.6) is 0 Å². The molecule has 30 heavy (non-hydrogen) atoms. The Bertz CT molecular complexity index is 1230. The molecule has 3 aromatic heterocycles. The van der Waals surface area contributed by atoms with Gasteiger partial charge in [-0.2, -0.15) is 18.2 Å². The fourth-order valence-corrected chi connectivity index (χ4v) is 3.09. The van der Waals surface area contributed by atoms with E-state index in [0.29, 0.717) is 12.0 Å². The van der Waals surface area contributed by atoms with Crippen molar-refractivity contribution in [3.05, 3.63) is 58.9 Å². The molecule has 1 N–H and O–H groups in total. The Kier molecular flexibility index (Phi) is 4.94. The van der Waals surface area contributed by atoms with E-state index in [-0.39, 0.29) is 34.5 Å². The van der Waals surface area contributed by atoms with Crippen molar-refractivity contribution in [2.24, 2.45) is 0 Å². The van der Waals surface area contributed by atoms with Crippen molar-refractivity contribution in [2.45, 2.75) is 19.0 Å². The molecule has 0 unspecified atom stereocenters. The monoisotopic (exact) mass is 436 g/mol. The van der Waals surface area contributed by atoms with Gasteiger partial charge in [0.2, 0.25) is 5.82 Å². The fourth-order valence-electron chi connectivity index (χ4n) is 2.83. The molecule has 7 nitrogen and oxygen atoms in total. The highest BCUT2D eigenvalue weighted by Crippen LogP contribution is 2.33. The summed E-state index contributed by atoms with van der Waals surface area (Å²) in [5.74, 6) is -0.598. The molecule has 0 aliphatic rings. The summed E-state index contributed by atoms with van der Waals surface area (Å²) in [5, 5.41) is 12.5. The number of halogens is 4. The van der Waals surface area contributed by atoms with Crippen molar-refractivity contribution < 1.29 is 27.6 Å². The van der Waals surface area contributed by atoms with Gasteiger partial charge in [0.25, 0.3) is 5.89 Å². The van der Waals surface area contributed by atoms with Gasteiger partial charge in [0, 0.05) is 24.4 Å². The van der Waals surface area contributed by atoms with Crippen LogP contribution in [0.4, 0.5) is 13.2 Å². The summed E-state index contributed by atoms with van der Waals surface area (Å²) in [6, 6.07) is 7.78. The van der Waals surface area contributed by atoms with E-state index >= 15 is 0 Å². The summed E-state index contributed by atoms with van der Waals surface area (Å²) in [6.07, 6.45) is -1.92. The average molecular weight is 437 g/mol. The topological polar surface area (TPSA) is 93.5 Å². The van der Waals surface area contributed by atoms with E-state index in [1.54, 1.807) is 24.3 Å². The minimum absolute atomic E-state index is 0.0216. The van der Waals surface area contributed by atoms with Crippen LogP contribution in [0.1, 0.15) is 17.5 Å². The second-order valence-electron chi connectivity index (χ2n) is 6.45. The summed E-state index contributed by atoms with van der Waals surface area (Å²) >= 11 is 5.94. The van der Waals surface area contributed by atoms with Gasteiger partial charge in [-0.15, -0.1) is 0 Å². The molecule has 0 bridgehead atoms. The first-order valence-electron chi connectivity index (χ1n) is 8.61. The number of rotatable bonds is 5. The van der Waals surface area contributed by atoms with Crippen LogP contribution >= 0.6 is 11.6 Å². The highest BCUT2D eigenvalue weighted by Gasteiger charge is 2.32. The molecule has 0 aliphatic heterocycles. The maximum Gasteiger partial charge on any atom is 0.417 e. The van der Waals surface area contributed by atoms with Gasteiger partial charge in [0.05, 0.1) is 10.6 Å². The predicted octanol–water partition coefficient (Wildman–Crippen LogP) is 4.74. The van der Waals surface area contributed by atoms with Crippen LogP contribution < -0.4 is 0 Å². The number of pyridine rings is 1. The predicted molar refractivity (Wildman–Crippen MR) is 99.9 cm³/mol. The minimum Gasteiger partial charge on any atom is -0.481 e. The van der Waals surface area contributed by atoms with E-state index in [1.807, 2.05) is 0 Å². The Balaban J connectivity index is 1.61. The van der Waals surface area contributed by atoms with Crippen LogP contribution in [0.3, 0.4) is 0 Å². The largest absolute Gasteiger partial charge is 0.481 e. The molecule has 0 amide bonds. The number of nitrogens with zero attached hydrogens (tertiary/aromatic N) is 4. The third-order valence-corrected chi connectivity index (χ3v) is 4.60. The molecule has 0 aliphatic carbocycles. The second kappa shape index (κ2) is 7.45. The van der Waals surface area contributed by atoms with Crippen LogP contribution in [0.15, 0.2) is 47.2 Å². The van der Waals surface area contributed by atoms with Crippen molar-refractivity contribution in [1.29, 1.82) is 0 Å². The van der Waals surface area contributed by atoms with Gasteiger partial charge >= 0.3 is 12.1 Å². The lowest BCUT2D eigenvalue weighted by Crippen LogP contribution is -2.06. The average Bonchev–Trinajstić information content (AvgIpc) is 3.33. The molecule has 0 saturated heterocycles. The van der Waals surface area contributed by atoms with Crippen molar-refractivity contribution in [1.82, 2.24) is 19.5 Å². The minimum atomic E-state index is -4.55. The maximum atomic E-state index is 13.0. The smallest absolute Gasteiger partial charge is 0.417 e. The van der Waals surface area contributed by atoms with Gasteiger partial charge in [-0.25, -0.2) is 4.98 Å². The Labute approximate surface area is 171 Å². The lowest BCUT2D eigenvalue weighted by molar-refractivity contribution is -0.138. The number of alkyl halides is 3. The van der Waals surface area contributed by atoms with Crippen LogP contribution in [0.25, 0.3) is 28.6 Å². The summed E-state index contributed by atoms with van der Waals surface area (Å²) in [5.41, 5.74) is 0.874. The third-order valence-electron chi connectivity index (χ3n) is 4.32. The highest BCUT2D eigenvalue weighted by molar-refractivity contribution is 6.33. The Morgan fingerprint density at radius 1 is 1.17 bits per heavy atom. The molecule has 154 valence electrons. The van der Waals surface area contributed by atoms with Gasteiger partial charge in [0.15, 0.2) is 5.65 Å². The van der Waals surface area contributed by atoms with Crippen LogP contribution in [0, 0.1) is 0 Å². The molecule has 0 radical (unpaired) electrons. The molecule has 4 aromatic rings. The number of benzene rings is 1. The number of aryl methyl sites for hydroxylation is 1. The van der Waals surface area contributed by atoms with E-state index in [4.69, 9.17) is 21.2 Å². The summed E-state index contributed by atoms with van der Waals surface area (Å²) < 4.78 is 45.3. The normalized spacial score (nSPS) is 11.9. The van der Waals surface area contributed by atoms with E-state index in [9.17, 15) is 18.0 Å². The van der Waals surface area contributed by atoms with Crippen molar-refractivity contribution >= 4 is 23.2 Å². The van der Waals surface area contributed by atoms with Crippen molar-refractivity contribution in [3.63, 3.8) is 0 Å². The van der Waals surface area contributed by atoms with Crippen molar-refractivity contribution in [2.75, 3.05) is 0 Å². The summed E-state index contributed by atoms with van der Waals surface area (Å²) in [4.78, 5) is 19.1. The molecule has 4 rings (SSSR count). The van der Waals surface area contributed by atoms with Crippen LogP contribution in [-0.4, -0.2) is 30.6 Å². The zero-order valence-corrected chi connectivity index (χ0v) is 15.8. The summed E-state index contributed by atoms with van der Waals surface area (Å²) in [6.45, 7) is 0. The number of carboxylic acids is 1. The number of aliphatic carboxylic acids is 1. The first-order chi connectivity index (χ1) is 14.2. The standard InChI is InChI=1S/C19H12ClF3N4O3/c20-13-7-12(19(21,22)23)8-27-9-14(24-17(13)27)18-25-16(26-30-18)11-4-1-10(2-5-11)3-6-15(28)29/h1-2,4-5,7-9H,3,6H2,(H,28,29). The lowest BCUT2D eigenvalue weighted by atomic mass is 10.1. The van der Waals surface area contributed by atoms with E-state index in [1.165, 1.54) is 6.20 Å². The highest BCUT2D eigenvalue weighted by atomic mass is 35.5. The molecule has 0 saturated carbocycles. The zero-order valence-electron chi connectivity index (χ0n) is 15.0. The molecule has 0 atom stereocenters. The first-order valence-corrected chi connectivity index (χ1v) is 8.99. The maximum absolute atomic E-state index is 13.0. The Hall–Kier alpha value is -3.40. The van der Waals surface area contributed by atoms with Gasteiger partial charge in [-0.05, 0) is 18.1 Å². The van der Waals surface area contributed by atoms with Crippen LogP contribution in [-0.2, 0) is 17.4 Å². The number of imidazole rings is 1. The van der Waals surface area contributed by atoms with Crippen molar-refractivity contribution in [3.8, 4) is 23.0 Å². The van der Waals surface area contributed by atoms with Gasteiger partial charge in [-0.1, -0.05) is 41.0 Å². The van der Waals surface area contributed by atoms with Gasteiger partial charge < -0.3 is 14.0 Å². The molecule has 0 spiro atoms. The quantitative estimate of drug-likeness (QED) is 0.485. The number of fused-ring (bicyclic) bond motifs is 1. The molecule has 0 fully saturated rings. The number of carboxylic acid groups (broad SMARTS) is 1. The Morgan fingerprint density at radius 2 is 1.90 bits per heavy atom. The lowest BCUT2D eigenvalue weighted by Gasteiger charge is -2.07. The number of hydrogen-bond acceptors (Lipinski definition) is 5. The zero-order chi connectivity index (χ0) is 21.5. The van der Waals surface area contributed by atoms with Gasteiger partial charge in [-0.3, -0.25) is 4.79 Å². The number of aromatic nitrogens is 4. The third kappa shape index (κ3) is 3.99. The molecule has 1 aromatic carbocycles. The van der Waals surface area contributed by atoms with Gasteiger partial charge in [0.1, 0.15) is 5.69 Å². The second-order valence-corrected chi connectivity index (χ2v) is 6.85. The van der Waals surface area contributed by atoms with E-state index in [2.05, 4.69) is 15.1 Å². The summed E-state index contributed by atoms with van der Waals surface area (Å²) in [7, 11) is 0. The number of hydrogen-bond donors (Lipinski definition) is 1. The molecular weight excluding hydrogens is 425 g/mol. The molecule has 3 heterocycles. The first kappa shape index (κ1) is 19.9. The number of carbonyl (C=O) groups is 1. The SMILES string of the molecule is O=C(O)CCc1ccc(-c2noc(-c3cn4cc(C(F)(F)F)cc(Cl)c4n3)n2)cc1. The van der Waals surface area contributed by atoms with Crippen LogP contribution in [0.2, 0.25) is 5.02 Å². The fraction of sp³-hybridized carbons (Fsp3) is 0.158. The van der Waals surface area contributed by atoms with E-state index < -0.39 is 17.7 Å². The molecule has 11 heteroatoms.